The van der Waals surface area contributed by atoms with Crippen LogP contribution in [-0.4, -0.2) is 54.2 Å². The van der Waals surface area contributed by atoms with E-state index in [0.29, 0.717) is 11.1 Å². The summed E-state index contributed by atoms with van der Waals surface area (Å²) in [6.07, 6.45) is 0. The number of carbonyl (C=O) groups excluding carboxylic acids is 3. The summed E-state index contributed by atoms with van der Waals surface area (Å²) >= 11 is 0. The predicted octanol–water partition coefficient (Wildman–Crippen LogP) is 0.675. The first kappa shape index (κ1) is 19.4. The van der Waals surface area contributed by atoms with E-state index in [1.165, 1.54) is 19.1 Å². The molecule has 0 bridgehead atoms. The van der Waals surface area contributed by atoms with Crippen LogP contribution in [0.15, 0.2) is 24.3 Å². The van der Waals surface area contributed by atoms with E-state index in [9.17, 15) is 14.4 Å². The summed E-state index contributed by atoms with van der Waals surface area (Å²) in [5, 5.41) is 7.39. The lowest BCUT2D eigenvalue weighted by molar-refractivity contribution is -0.145. The summed E-state index contributed by atoms with van der Waals surface area (Å²) < 4.78 is 4.52. The number of amidine groups is 1. The highest BCUT2D eigenvalue weighted by molar-refractivity contribution is 6.08. The van der Waals surface area contributed by atoms with Crippen LogP contribution in [0.2, 0.25) is 0 Å². The quantitative estimate of drug-likeness (QED) is 0.357. The second kappa shape index (κ2) is 6.88. The van der Waals surface area contributed by atoms with Crippen molar-refractivity contribution in [2.75, 3.05) is 20.7 Å². The lowest BCUT2D eigenvalue weighted by atomic mass is 9.90. The topological polar surface area (TPSA) is 117 Å². The Labute approximate surface area is 145 Å². The fourth-order valence-electron chi connectivity index (χ4n) is 2.49. The van der Waals surface area contributed by atoms with Gasteiger partial charge in [0.25, 0.3) is 5.91 Å². The zero-order chi connectivity index (χ0) is 17.4. The van der Waals surface area contributed by atoms with E-state index in [1.807, 2.05) is 0 Å². The molecule has 3 amide bonds. The molecule has 1 atom stereocenters. The van der Waals surface area contributed by atoms with Crippen LogP contribution in [0.1, 0.15) is 18.1 Å². The van der Waals surface area contributed by atoms with Gasteiger partial charge in [-0.05, 0) is 12.5 Å². The van der Waals surface area contributed by atoms with Gasteiger partial charge in [0, 0.05) is 12.6 Å². The molecular formula is C15H19ClN4O4. The van der Waals surface area contributed by atoms with Gasteiger partial charge in [0.2, 0.25) is 0 Å². The highest BCUT2D eigenvalue weighted by Gasteiger charge is 2.54. The van der Waals surface area contributed by atoms with Gasteiger partial charge in [0.05, 0.1) is 7.11 Å². The Balaban J connectivity index is 0.00000288. The second-order valence-electron chi connectivity index (χ2n) is 5.37. The fraction of sp³-hybridized carbons (Fsp3) is 0.333. The normalized spacial score (nSPS) is 20.0. The number of amides is 3. The van der Waals surface area contributed by atoms with Crippen molar-refractivity contribution in [3.8, 4) is 0 Å². The van der Waals surface area contributed by atoms with Gasteiger partial charge in [-0.2, -0.15) is 0 Å². The minimum atomic E-state index is -1.24. The van der Waals surface area contributed by atoms with Crippen LogP contribution in [0.25, 0.3) is 0 Å². The Bertz CT molecular complexity index is 691. The number of carbonyl (C=O) groups is 3. The van der Waals surface area contributed by atoms with Crippen LogP contribution in [0, 0.1) is 5.41 Å². The molecule has 1 aromatic rings. The molecule has 0 aliphatic carbocycles. The number of methoxy groups -OCH3 is 1. The van der Waals surface area contributed by atoms with Crippen molar-refractivity contribution in [1.82, 2.24) is 9.80 Å². The van der Waals surface area contributed by atoms with Gasteiger partial charge in [-0.3, -0.25) is 19.9 Å². The molecule has 0 spiro atoms. The lowest BCUT2D eigenvalue weighted by Gasteiger charge is -2.29. The van der Waals surface area contributed by atoms with E-state index in [1.54, 1.807) is 31.2 Å². The van der Waals surface area contributed by atoms with Gasteiger partial charge in [-0.15, -0.1) is 12.4 Å². The van der Waals surface area contributed by atoms with Gasteiger partial charge in [0.1, 0.15) is 17.9 Å². The predicted molar refractivity (Wildman–Crippen MR) is 88.9 cm³/mol. The van der Waals surface area contributed by atoms with Crippen LogP contribution in [0.5, 0.6) is 0 Å². The number of likely N-dealkylation sites (N-methyl/N-ethyl adjacent to an activating group) is 1. The number of hydrogen-bond donors (Lipinski definition) is 2. The summed E-state index contributed by atoms with van der Waals surface area (Å²) in [7, 11) is 2.69. The van der Waals surface area contributed by atoms with Gasteiger partial charge >= 0.3 is 12.0 Å². The number of rotatable bonds is 4. The number of imide groups is 1. The van der Waals surface area contributed by atoms with Crippen molar-refractivity contribution in [3.63, 3.8) is 0 Å². The maximum absolute atomic E-state index is 12.7. The zero-order valence-corrected chi connectivity index (χ0v) is 14.3. The average molecular weight is 355 g/mol. The van der Waals surface area contributed by atoms with Crippen LogP contribution >= 0.6 is 12.4 Å². The van der Waals surface area contributed by atoms with Gasteiger partial charge in [-0.25, -0.2) is 4.79 Å². The average Bonchev–Trinajstić information content (AvgIpc) is 2.71. The number of nitrogen functional groups attached to an aromatic ring is 1. The smallest absolute Gasteiger partial charge is 0.328 e. The number of nitrogens with zero attached hydrogens (tertiary/aromatic N) is 2. The molecule has 0 saturated carbocycles. The molecule has 8 nitrogen and oxygen atoms in total. The molecule has 2 rings (SSSR count). The number of urea groups is 1. The Hall–Kier alpha value is -2.61. The number of hydrogen-bond acceptors (Lipinski definition) is 5. The molecule has 1 saturated heterocycles. The summed E-state index contributed by atoms with van der Waals surface area (Å²) in [6, 6.07) is 5.92. The van der Waals surface area contributed by atoms with Crippen LogP contribution in [-0.2, 0) is 19.9 Å². The number of ether oxygens (including phenoxy) is 1. The summed E-state index contributed by atoms with van der Waals surface area (Å²) in [5.74, 6) is -1.27. The van der Waals surface area contributed by atoms with Crippen LogP contribution in [0.3, 0.4) is 0 Å². The Kier molecular flexibility index (Phi) is 5.57. The third-order valence-electron chi connectivity index (χ3n) is 4.12. The second-order valence-corrected chi connectivity index (χ2v) is 5.37. The summed E-state index contributed by atoms with van der Waals surface area (Å²) in [6.45, 7) is 1.17. The number of nitrogens with one attached hydrogen (secondary N) is 1. The molecule has 1 aliphatic rings. The molecule has 9 heteroatoms. The first-order valence-corrected chi connectivity index (χ1v) is 6.85. The minimum absolute atomic E-state index is 0. The van der Waals surface area contributed by atoms with E-state index in [4.69, 9.17) is 11.1 Å². The maximum Gasteiger partial charge on any atom is 0.328 e. The van der Waals surface area contributed by atoms with E-state index in [0.717, 1.165) is 4.90 Å². The van der Waals surface area contributed by atoms with Crippen LogP contribution < -0.4 is 5.73 Å². The molecule has 3 N–H and O–H groups in total. The molecule has 24 heavy (non-hydrogen) atoms. The lowest BCUT2D eigenvalue weighted by Crippen LogP contribution is -2.42. The number of esters is 1. The Morgan fingerprint density at radius 3 is 2.29 bits per heavy atom. The Morgan fingerprint density at radius 1 is 1.29 bits per heavy atom. The van der Waals surface area contributed by atoms with E-state index < -0.39 is 30.0 Å². The van der Waals surface area contributed by atoms with Crippen molar-refractivity contribution < 1.29 is 19.1 Å². The van der Waals surface area contributed by atoms with E-state index >= 15 is 0 Å². The molecule has 1 fully saturated rings. The van der Waals surface area contributed by atoms with E-state index in [2.05, 4.69) is 4.74 Å². The number of benzene rings is 1. The maximum atomic E-state index is 12.7. The third-order valence-corrected chi connectivity index (χ3v) is 4.12. The van der Waals surface area contributed by atoms with Crippen molar-refractivity contribution in [3.05, 3.63) is 35.4 Å². The SMILES string of the molecule is COC(=O)CN1C(=O)N(C)[C@@](C)(c2ccc(C(=N)N)cc2)C1=O.Cl. The van der Waals surface area contributed by atoms with Crippen molar-refractivity contribution in [2.45, 2.75) is 12.5 Å². The van der Waals surface area contributed by atoms with Crippen molar-refractivity contribution >= 4 is 36.2 Å². The highest BCUT2D eigenvalue weighted by Crippen LogP contribution is 2.35. The third kappa shape index (κ3) is 2.92. The monoisotopic (exact) mass is 354 g/mol. The summed E-state index contributed by atoms with van der Waals surface area (Å²) in [5.41, 5.74) is 5.26. The first-order chi connectivity index (χ1) is 10.7. The summed E-state index contributed by atoms with van der Waals surface area (Å²) in [4.78, 5) is 38.6. The number of halogens is 1. The minimum Gasteiger partial charge on any atom is -0.468 e. The molecule has 0 radical (unpaired) electrons. The standard InChI is InChI=1S/C15H18N4O4.ClH/c1-15(10-6-4-9(5-7-10)12(16)17)13(21)19(8-11(20)23-3)14(22)18(15)2;/h4-7H,8H2,1-3H3,(H3,16,17);1H/t15-;/m0./s1. The molecule has 130 valence electrons. The first-order valence-electron chi connectivity index (χ1n) is 6.85. The van der Waals surface area contributed by atoms with Crippen molar-refractivity contribution in [1.29, 1.82) is 5.41 Å². The Morgan fingerprint density at radius 2 is 1.83 bits per heavy atom. The molecule has 1 aliphatic heterocycles. The molecule has 0 aromatic heterocycles. The van der Waals surface area contributed by atoms with Crippen molar-refractivity contribution in [2.24, 2.45) is 5.73 Å². The zero-order valence-electron chi connectivity index (χ0n) is 13.5. The highest BCUT2D eigenvalue weighted by atomic mass is 35.5. The largest absolute Gasteiger partial charge is 0.468 e. The molecule has 1 aromatic carbocycles. The van der Waals surface area contributed by atoms with E-state index in [-0.39, 0.29) is 18.2 Å². The van der Waals surface area contributed by atoms with Gasteiger partial charge in [-0.1, -0.05) is 24.3 Å². The fourth-order valence-corrected chi connectivity index (χ4v) is 2.49. The van der Waals surface area contributed by atoms with Crippen LogP contribution in [0.4, 0.5) is 4.79 Å². The van der Waals surface area contributed by atoms with Gasteiger partial charge in [0.15, 0.2) is 0 Å². The molecule has 0 unspecified atom stereocenters. The number of nitrogens with two attached hydrogens (primary N) is 1. The molecular weight excluding hydrogens is 336 g/mol. The molecule has 1 heterocycles. The van der Waals surface area contributed by atoms with Gasteiger partial charge < -0.3 is 15.4 Å².